The zero-order valence-electron chi connectivity index (χ0n) is 14.7. The predicted molar refractivity (Wildman–Crippen MR) is 102 cm³/mol. The van der Waals surface area contributed by atoms with Crippen molar-refractivity contribution in [2.45, 2.75) is 13.8 Å². The van der Waals surface area contributed by atoms with Gasteiger partial charge in [0, 0.05) is 11.9 Å². The van der Waals surface area contributed by atoms with E-state index in [0.717, 1.165) is 10.9 Å². The first kappa shape index (κ1) is 17.5. The van der Waals surface area contributed by atoms with Crippen LogP contribution in [0.2, 0.25) is 0 Å². The molecule has 3 aromatic rings. The molecule has 2 N–H and O–H groups in total. The van der Waals surface area contributed by atoms with E-state index in [-0.39, 0.29) is 12.3 Å². The van der Waals surface area contributed by atoms with Crippen LogP contribution in [0.25, 0.3) is 11.0 Å². The summed E-state index contributed by atoms with van der Waals surface area (Å²) in [6.45, 7) is 4.27. The van der Waals surface area contributed by atoms with Crippen LogP contribution < -0.4 is 21.0 Å². The molecule has 6 heteroatoms. The normalized spacial score (nSPS) is 10.5. The Morgan fingerprint density at radius 2 is 1.81 bits per heavy atom. The third kappa shape index (κ3) is 3.85. The van der Waals surface area contributed by atoms with E-state index in [0.29, 0.717) is 23.6 Å². The van der Waals surface area contributed by atoms with Crippen LogP contribution >= 0.6 is 0 Å². The van der Waals surface area contributed by atoms with Crippen LogP contribution in [0.3, 0.4) is 0 Å². The Kier molecular flexibility index (Phi) is 5.22. The van der Waals surface area contributed by atoms with Gasteiger partial charge in [-0.3, -0.25) is 4.79 Å². The van der Waals surface area contributed by atoms with Gasteiger partial charge in [-0.05, 0) is 38.1 Å². The molecular formula is C20H20N2O4. The number of amides is 1. The summed E-state index contributed by atoms with van der Waals surface area (Å²) in [5.41, 5.74) is 1.59. The first-order valence-electron chi connectivity index (χ1n) is 8.37. The van der Waals surface area contributed by atoms with Crippen molar-refractivity contribution < 1.29 is 13.9 Å². The van der Waals surface area contributed by atoms with E-state index in [1.165, 1.54) is 0 Å². The fourth-order valence-corrected chi connectivity index (χ4v) is 2.58. The summed E-state index contributed by atoms with van der Waals surface area (Å²) >= 11 is 0. The zero-order chi connectivity index (χ0) is 18.5. The molecule has 0 radical (unpaired) electrons. The molecule has 0 spiro atoms. The average molecular weight is 352 g/mol. The Morgan fingerprint density at radius 3 is 2.54 bits per heavy atom. The van der Waals surface area contributed by atoms with E-state index < -0.39 is 11.5 Å². The lowest BCUT2D eigenvalue weighted by molar-refractivity contribution is -0.118. The van der Waals surface area contributed by atoms with Gasteiger partial charge in [-0.25, -0.2) is 4.79 Å². The molecule has 6 nitrogen and oxygen atoms in total. The van der Waals surface area contributed by atoms with Gasteiger partial charge in [0.05, 0.1) is 5.69 Å². The number of aryl methyl sites for hydroxylation is 1. The number of ether oxygens (including phenoxy) is 1. The Balaban J connectivity index is 1.81. The van der Waals surface area contributed by atoms with Crippen LogP contribution in [0.4, 0.5) is 11.4 Å². The lowest BCUT2D eigenvalue weighted by Crippen LogP contribution is -2.25. The van der Waals surface area contributed by atoms with E-state index >= 15 is 0 Å². The third-order valence-corrected chi connectivity index (χ3v) is 3.82. The second-order valence-electron chi connectivity index (χ2n) is 5.82. The van der Waals surface area contributed by atoms with E-state index in [1.54, 1.807) is 24.3 Å². The summed E-state index contributed by atoms with van der Waals surface area (Å²) in [6.07, 6.45) is 0. The first-order valence-corrected chi connectivity index (χ1v) is 8.37. The van der Waals surface area contributed by atoms with Crippen molar-refractivity contribution in [2.75, 3.05) is 23.8 Å². The van der Waals surface area contributed by atoms with Gasteiger partial charge in [-0.15, -0.1) is 0 Å². The standard InChI is InChI=1S/C20H20N2O4/c1-3-21-18-15-6-4-5-7-16(15)26-20(24)19(18)22-17(23)12-25-14-10-8-13(2)9-11-14/h4-11,21H,3,12H2,1-2H3,(H,22,23). The van der Waals surface area contributed by atoms with Crippen LogP contribution in [-0.4, -0.2) is 19.1 Å². The molecule has 1 aromatic heterocycles. The van der Waals surface area contributed by atoms with Crippen molar-refractivity contribution in [2.24, 2.45) is 0 Å². The van der Waals surface area contributed by atoms with Gasteiger partial charge < -0.3 is 19.8 Å². The van der Waals surface area contributed by atoms with Crippen LogP contribution in [0.1, 0.15) is 12.5 Å². The molecule has 1 heterocycles. The summed E-state index contributed by atoms with van der Waals surface area (Å²) in [5.74, 6) is 0.149. The minimum atomic E-state index is -0.608. The van der Waals surface area contributed by atoms with Gasteiger partial charge in [-0.1, -0.05) is 29.8 Å². The van der Waals surface area contributed by atoms with Crippen LogP contribution in [-0.2, 0) is 4.79 Å². The molecule has 0 aliphatic rings. The largest absolute Gasteiger partial charge is 0.484 e. The fourth-order valence-electron chi connectivity index (χ4n) is 2.58. The second-order valence-corrected chi connectivity index (χ2v) is 5.82. The summed E-state index contributed by atoms with van der Waals surface area (Å²) in [4.78, 5) is 24.6. The summed E-state index contributed by atoms with van der Waals surface area (Å²) in [5, 5.41) is 6.46. The number of anilines is 2. The average Bonchev–Trinajstić information content (AvgIpc) is 2.64. The number of rotatable bonds is 6. The number of benzene rings is 2. The van der Waals surface area contributed by atoms with Crippen molar-refractivity contribution in [1.82, 2.24) is 0 Å². The van der Waals surface area contributed by atoms with Gasteiger partial charge in [-0.2, -0.15) is 0 Å². The number of carbonyl (C=O) groups is 1. The van der Waals surface area contributed by atoms with Crippen LogP contribution in [0.5, 0.6) is 5.75 Å². The number of fused-ring (bicyclic) bond motifs is 1. The number of hydrogen-bond acceptors (Lipinski definition) is 5. The highest BCUT2D eigenvalue weighted by Crippen LogP contribution is 2.28. The SMILES string of the molecule is CCNc1c(NC(=O)COc2ccc(C)cc2)c(=O)oc2ccccc12. The van der Waals surface area contributed by atoms with Crippen molar-refractivity contribution in [1.29, 1.82) is 0 Å². The quantitative estimate of drug-likeness (QED) is 0.663. The Bertz CT molecular complexity index is 977. The van der Waals surface area contributed by atoms with E-state index in [4.69, 9.17) is 9.15 Å². The molecule has 134 valence electrons. The molecule has 0 unspecified atom stereocenters. The second kappa shape index (κ2) is 7.74. The van der Waals surface area contributed by atoms with Crippen LogP contribution in [0, 0.1) is 6.92 Å². The Hall–Kier alpha value is -3.28. The number of hydrogen-bond donors (Lipinski definition) is 2. The smallest absolute Gasteiger partial charge is 0.362 e. The maximum atomic E-state index is 12.3. The number of nitrogens with one attached hydrogen (secondary N) is 2. The summed E-state index contributed by atoms with van der Waals surface area (Å²) in [6, 6.07) is 14.5. The molecule has 0 saturated heterocycles. The monoisotopic (exact) mass is 352 g/mol. The highest BCUT2D eigenvalue weighted by atomic mass is 16.5. The summed E-state index contributed by atoms with van der Waals surface area (Å²) in [7, 11) is 0. The van der Waals surface area contributed by atoms with E-state index in [1.807, 2.05) is 38.1 Å². The third-order valence-electron chi connectivity index (χ3n) is 3.82. The van der Waals surface area contributed by atoms with Gasteiger partial charge in [0.15, 0.2) is 12.3 Å². The zero-order valence-corrected chi connectivity index (χ0v) is 14.7. The minimum Gasteiger partial charge on any atom is -0.484 e. The van der Waals surface area contributed by atoms with E-state index in [9.17, 15) is 9.59 Å². The maximum Gasteiger partial charge on any atom is 0.362 e. The highest BCUT2D eigenvalue weighted by Gasteiger charge is 2.16. The molecule has 0 fully saturated rings. The Labute approximate surface area is 150 Å². The maximum absolute atomic E-state index is 12.3. The Morgan fingerprint density at radius 1 is 1.08 bits per heavy atom. The number of para-hydroxylation sites is 1. The number of carbonyl (C=O) groups excluding carboxylic acids is 1. The molecule has 0 aliphatic heterocycles. The molecule has 3 rings (SSSR count). The van der Waals surface area contributed by atoms with Gasteiger partial charge in [0.1, 0.15) is 11.3 Å². The van der Waals surface area contributed by atoms with Gasteiger partial charge in [0.25, 0.3) is 5.91 Å². The van der Waals surface area contributed by atoms with Gasteiger partial charge >= 0.3 is 5.63 Å². The topological polar surface area (TPSA) is 80.6 Å². The highest BCUT2D eigenvalue weighted by molar-refractivity contribution is 6.02. The lowest BCUT2D eigenvalue weighted by Gasteiger charge is -2.13. The molecular weight excluding hydrogens is 332 g/mol. The molecule has 0 bridgehead atoms. The van der Waals surface area contributed by atoms with Gasteiger partial charge in [0.2, 0.25) is 0 Å². The van der Waals surface area contributed by atoms with Crippen LogP contribution in [0.15, 0.2) is 57.7 Å². The lowest BCUT2D eigenvalue weighted by atomic mass is 10.2. The predicted octanol–water partition coefficient (Wildman–Crippen LogP) is 3.55. The van der Waals surface area contributed by atoms with Crippen molar-refractivity contribution in [3.05, 3.63) is 64.5 Å². The van der Waals surface area contributed by atoms with E-state index in [2.05, 4.69) is 10.6 Å². The first-order chi connectivity index (χ1) is 12.6. The minimum absolute atomic E-state index is 0.0862. The molecule has 0 saturated carbocycles. The fraction of sp³-hybridized carbons (Fsp3) is 0.200. The molecule has 0 atom stereocenters. The summed E-state index contributed by atoms with van der Waals surface area (Å²) < 4.78 is 10.8. The van der Waals surface area contributed by atoms with Crippen molar-refractivity contribution in [3.8, 4) is 5.75 Å². The molecule has 0 aliphatic carbocycles. The molecule has 1 amide bonds. The molecule has 2 aromatic carbocycles. The molecule has 26 heavy (non-hydrogen) atoms. The van der Waals surface area contributed by atoms with Crippen molar-refractivity contribution in [3.63, 3.8) is 0 Å². The van der Waals surface area contributed by atoms with Crippen molar-refractivity contribution >= 4 is 28.3 Å².